The zero-order valence-electron chi connectivity index (χ0n) is 21.8. The third-order valence-corrected chi connectivity index (χ3v) is 11.2. The van der Waals surface area contributed by atoms with Crippen LogP contribution in [0.1, 0.15) is 87.0 Å². The first-order valence-electron chi connectivity index (χ1n) is 12.9. The quantitative estimate of drug-likeness (QED) is 0.564. The first kappa shape index (κ1) is 25.6. The van der Waals surface area contributed by atoms with Gasteiger partial charge in [-0.2, -0.15) is 0 Å². The van der Waals surface area contributed by atoms with E-state index < -0.39 is 45.8 Å². The summed E-state index contributed by atoms with van der Waals surface area (Å²) in [6, 6.07) is 0. The maximum atomic E-state index is 14.0. The van der Waals surface area contributed by atoms with Gasteiger partial charge in [0.25, 0.3) is 0 Å². The number of carbonyl (C=O) groups excluding carboxylic acids is 2. The lowest BCUT2D eigenvalue weighted by Gasteiger charge is -2.61. The molecule has 0 aliphatic heterocycles. The molecule has 6 nitrogen and oxygen atoms in total. The smallest absolute Gasteiger partial charge is 0.306 e. The molecule has 2 fully saturated rings. The van der Waals surface area contributed by atoms with E-state index in [-0.39, 0.29) is 35.7 Å². The van der Waals surface area contributed by atoms with E-state index >= 15 is 0 Å². The Morgan fingerprint density at radius 1 is 1.09 bits per heavy atom. The van der Waals surface area contributed by atoms with Crippen LogP contribution in [-0.2, 0) is 14.4 Å². The largest absolute Gasteiger partial charge is 0.481 e. The standard InChI is InChI=1S/C28H42O6/c1-14(10-15(2)24(33)34)16-11-21(32)28(7)23-17(29)12-19-25(3,4)20(31)8-9-26(19,5)22(23)18(30)13-27(16,28)6/h14-17,19-20,29,31H,8-13H2,1-7H3,(H,33,34)/t14-,15+,16-,17+,19-,20+,26+,27-,28+/m1/s1. The Labute approximate surface area is 203 Å². The van der Waals surface area contributed by atoms with E-state index in [0.29, 0.717) is 43.3 Å². The Kier molecular flexibility index (Phi) is 5.81. The second-order valence-corrected chi connectivity index (χ2v) is 13.2. The lowest BCUT2D eigenvalue weighted by atomic mass is 9.42. The fourth-order valence-corrected chi connectivity index (χ4v) is 8.92. The van der Waals surface area contributed by atoms with Crippen molar-refractivity contribution < 1.29 is 29.7 Å². The number of aliphatic carboxylic acids is 1. The van der Waals surface area contributed by atoms with Gasteiger partial charge in [0.2, 0.25) is 0 Å². The average molecular weight is 475 g/mol. The van der Waals surface area contributed by atoms with Crippen LogP contribution in [-0.4, -0.2) is 45.1 Å². The van der Waals surface area contributed by atoms with Gasteiger partial charge >= 0.3 is 5.97 Å². The predicted octanol–water partition coefficient (Wildman–Crippen LogP) is 4.17. The van der Waals surface area contributed by atoms with Crippen molar-refractivity contribution in [1.29, 1.82) is 0 Å². The summed E-state index contributed by atoms with van der Waals surface area (Å²) in [6.07, 6.45) is 1.29. The molecular weight excluding hydrogens is 432 g/mol. The van der Waals surface area contributed by atoms with Crippen LogP contribution >= 0.6 is 0 Å². The number of carboxylic acid groups (broad SMARTS) is 1. The van der Waals surface area contributed by atoms with E-state index in [1.165, 1.54) is 0 Å². The van der Waals surface area contributed by atoms with E-state index in [1.807, 2.05) is 34.6 Å². The molecule has 0 aromatic heterocycles. The number of aliphatic hydroxyl groups excluding tert-OH is 2. The number of carboxylic acids is 1. The van der Waals surface area contributed by atoms with Crippen LogP contribution in [0.2, 0.25) is 0 Å². The number of rotatable bonds is 4. The summed E-state index contributed by atoms with van der Waals surface area (Å²) in [5.41, 5.74) is -1.26. The molecule has 0 spiro atoms. The van der Waals surface area contributed by atoms with Crippen molar-refractivity contribution in [2.24, 2.45) is 45.3 Å². The highest BCUT2D eigenvalue weighted by atomic mass is 16.4. The van der Waals surface area contributed by atoms with Gasteiger partial charge in [-0.1, -0.05) is 41.5 Å². The molecule has 4 rings (SSSR count). The SMILES string of the molecule is C[C@H](C[C@H](C)C(=O)O)[C@H]1CC(=O)[C@@]2(C)C3=C(C(=O)C[C@]12C)[C@@]1(C)CC[C@H](O)C(C)(C)[C@H]1C[C@@H]3O. The van der Waals surface area contributed by atoms with Gasteiger partial charge in [-0.25, -0.2) is 0 Å². The van der Waals surface area contributed by atoms with Gasteiger partial charge in [0.15, 0.2) is 5.78 Å². The van der Waals surface area contributed by atoms with Crippen molar-refractivity contribution >= 4 is 17.5 Å². The number of hydrogen-bond donors (Lipinski definition) is 3. The molecule has 0 heterocycles. The molecule has 0 amide bonds. The number of ketones is 2. The minimum atomic E-state index is -0.949. The van der Waals surface area contributed by atoms with Crippen LogP contribution in [0.25, 0.3) is 0 Å². The van der Waals surface area contributed by atoms with Crippen LogP contribution < -0.4 is 0 Å². The van der Waals surface area contributed by atoms with Crippen LogP contribution in [0.15, 0.2) is 11.1 Å². The molecule has 190 valence electrons. The molecule has 34 heavy (non-hydrogen) atoms. The molecule has 6 heteroatoms. The van der Waals surface area contributed by atoms with Gasteiger partial charge in [-0.15, -0.1) is 0 Å². The topological polar surface area (TPSA) is 112 Å². The highest BCUT2D eigenvalue weighted by Gasteiger charge is 2.70. The molecule has 0 radical (unpaired) electrons. The molecule has 9 atom stereocenters. The summed E-state index contributed by atoms with van der Waals surface area (Å²) in [6.45, 7) is 13.8. The van der Waals surface area contributed by atoms with Crippen LogP contribution in [0, 0.1) is 45.3 Å². The van der Waals surface area contributed by atoms with E-state index in [1.54, 1.807) is 6.92 Å². The van der Waals surface area contributed by atoms with Crippen molar-refractivity contribution in [3.63, 3.8) is 0 Å². The number of aliphatic hydroxyl groups is 2. The highest BCUT2D eigenvalue weighted by molar-refractivity contribution is 6.05. The van der Waals surface area contributed by atoms with Crippen LogP contribution in [0.3, 0.4) is 0 Å². The summed E-state index contributed by atoms with van der Waals surface area (Å²) < 4.78 is 0. The summed E-state index contributed by atoms with van der Waals surface area (Å²) >= 11 is 0. The van der Waals surface area contributed by atoms with E-state index in [0.717, 1.165) is 0 Å². The fourth-order valence-electron chi connectivity index (χ4n) is 8.92. The minimum Gasteiger partial charge on any atom is -0.481 e. The summed E-state index contributed by atoms with van der Waals surface area (Å²) in [5, 5.41) is 31.7. The molecule has 0 unspecified atom stereocenters. The van der Waals surface area contributed by atoms with Crippen LogP contribution in [0.5, 0.6) is 0 Å². The van der Waals surface area contributed by atoms with Gasteiger partial charge in [0.05, 0.1) is 23.5 Å². The second kappa shape index (κ2) is 7.73. The highest BCUT2D eigenvalue weighted by Crippen LogP contribution is 2.70. The molecule has 3 N–H and O–H groups in total. The number of Topliss-reactive ketones (excluding diaryl/α,β-unsaturated/α-hetero) is 2. The molecule has 4 aliphatic carbocycles. The maximum absolute atomic E-state index is 14.0. The molecule has 4 aliphatic rings. The van der Waals surface area contributed by atoms with Crippen molar-refractivity contribution in [1.82, 2.24) is 0 Å². The minimum absolute atomic E-state index is 0.0200. The Morgan fingerprint density at radius 3 is 2.29 bits per heavy atom. The molecule has 0 bridgehead atoms. The monoisotopic (exact) mass is 474 g/mol. The van der Waals surface area contributed by atoms with Gasteiger partial charge in [-0.3, -0.25) is 14.4 Å². The predicted molar refractivity (Wildman–Crippen MR) is 128 cm³/mol. The van der Waals surface area contributed by atoms with Gasteiger partial charge in [0.1, 0.15) is 5.78 Å². The molecule has 2 saturated carbocycles. The maximum Gasteiger partial charge on any atom is 0.306 e. The molecular formula is C28H42O6. The van der Waals surface area contributed by atoms with E-state index in [9.17, 15) is 29.7 Å². The molecule has 0 saturated heterocycles. The average Bonchev–Trinajstić information content (AvgIpc) is 2.93. The lowest BCUT2D eigenvalue weighted by molar-refractivity contribution is -0.144. The van der Waals surface area contributed by atoms with Crippen molar-refractivity contribution in [2.45, 2.75) is 99.2 Å². The van der Waals surface area contributed by atoms with E-state index in [2.05, 4.69) is 6.92 Å². The third-order valence-electron chi connectivity index (χ3n) is 11.2. The first-order chi connectivity index (χ1) is 15.5. The lowest BCUT2D eigenvalue weighted by Crippen LogP contribution is -2.60. The summed E-state index contributed by atoms with van der Waals surface area (Å²) in [4.78, 5) is 39.3. The Morgan fingerprint density at radius 2 is 1.71 bits per heavy atom. The molecule has 0 aromatic rings. The zero-order valence-corrected chi connectivity index (χ0v) is 21.8. The van der Waals surface area contributed by atoms with Gasteiger partial charge < -0.3 is 15.3 Å². The van der Waals surface area contributed by atoms with Crippen LogP contribution in [0.4, 0.5) is 0 Å². The molecule has 0 aromatic carbocycles. The van der Waals surface area contributed by atoms with Gasteiger partial charge in [-0.05, 0) is 72.2 Å². The zero-order chi connectivity index (χ0) is 25.6. The normalized spacial score (nSPS) is 45.3. The number of fused-ring (bicyclic) bond motifs is 4. The van der Waals surface area contributed by atoms with Gasteiger partial charge in [0, 0.05) is 18.4 Å². The number of hydrogen-bond acceptors (Lipinski definition) is 5. The van der Waals surface area contributed by atoms with Crippen molar-refractivity contribution in [3.05, 3.63) is 11.1 Å². The first-order valence-corrected chi connectivity index (χ1v) is 12.9. The second-order valence-electron chi connectivity index (χ2n) is 13.2. The summed E-state index contributed by atoms with van der Waals surface area (Å²) in [7, 11) is 0. The van der Waals surface area contributed by atoms with Crippen molar-refractivity contribution in [2.75, 3.05) is 0 Å². The number of carbonyl (C=O) groups is 3. The Hall–Kier alpha value is -1.53. The Bertz CT molecular complexity index is 964. The summed E-state index contributed by atoms with van der Waals surface area (Å²) in [5.74, 6) is -1.51. The Balaban J connectivity index is 1.84. The van der Waals surface area contributed by atoms with E-state index in [4.69, 9.17) is 0 Å². The third kappa shape index (κ3) is 3.09. The number of allylic oxidation sites excluding steroid dienone is 1. The fraction of sp³-hybridized carbons (Fsp3) is 0.821. The van der Waals surface area contributed by atoms with Crippen molar-refractivity contribution in [3.8, 4) is 0 Å².